The summed E-state index contributed by atoms with van der Waals surface area (Å²) >= 11 is 0. The van der Waals surface area contributed by atoms with Crippen molar-refractivity contribution < 1.29 is 14.7 Å². The minimum absolute atomic E-state index is 0.156. The molecule has 1 fully saturated rings. The van der Waals surface area contributed by atoms with E-state index in [0.717, 1.165) is 0 Å². The number of nitrogens with zero attached hydrogens (tertiary/aromatic N) is 3. The van der Waals surface area contributed by atoms with Gasteiger partial charge in [-0.05, 0) is 31.5 Å². The Hall–Kier alpha value is -2.63. The molecule has 2 heterocycles. The maximum Gasteiger partial charge on any atom is 0.311 e. The van der Waals surface area contributed by atoms with Gasteiger partial charge in [0.15, 0.2) is 0 Å². The molecule has 1 N–H and O–H groups in total. The van der Waals surface area contributed by atoms with Crippen LogP contribution in [-0.4, -0.2) is 44.8 Å². The molecule has 1 aromatic carbocycles. The van der Waals surface area contributed by atoms with Crippen LogP contribution in [0.25, 0.3) is 5.69 Å². The monoisotopic (exact) mass is 299 g/mol. The molecule has 3 rings (SSSR count). The zero-order chi connectivity index (χ0) is 15.7. The largest absolute Gasteiger partial charge is 0.481 e. The topological polar surface area (TPSA) is 75.4 Å². The molecule has 1 amide bonds. The molecule has 0 saturated carbocycles. The molecule has 6 heteroatoms. The fraction of sp³-hybridized carbons (Fsp3) is 0.312. The van der Waals surface area contributed by atoms with Crippen LogP contribution in [0.15, 0.2) is 42.7 Å². The third-order valence-electron chi connectivity index (χ3n) is 4.16. The standard InChI is InChI=1S/C16H17N3O3/c1-16(15(21)22)7-10-18(11-16)14(20)12-5-2-3-6-13(12)19-9-4-8-17-19/h2-6,8-9H,7,10-11H2,1H3,(H,21,22)/t16-/m1/s1. The predicted molar refractivity (Wildman–Crippen MR) is 79.8 cm³/mol. The van der Waals surface area contributed by atoms with Crippen LogP contribution >= 0.6 is 0 Å². The molecule has 0 radical (unpaired) electrons. The lowest BCUT2D eigenvalue weighted by molar-refractivity contribution is -0.147. The van der Waals surface area contributed by atoms with Gasteiger partial charge < -0.3 is 10.0 Å². The number of aliphatic carboxylic acids is 1. The van der Waals surface area contributed by atoms with E-state index in [-0.39, 0.29) is 12.5 Å². The van der Waals surface area contributed by atoms with Crippen molar-refractivity contribution in [3.8, 4) is 5.69 Å². The van der Waals surface area contributed by atoms with Gasteiger partial charge in [0.1, 0.15) is 0 Å². The van der Waals surface area contributed by atoms with Gasteiger partial charge in [0.05, 0.1) is 16.7 Å². The van der Waals surface area contributed by atoms with E-state index in [1.807, 2.05) is 12.1 Å². The summed E-state index contributed by atoms with van der Waals surface area (Å²) in [7, 11) is 0. The first-order chi connectivity index (χ1) is 10.5. The molecule has 1 atom stereocenters. The van der Waals surface area contributed by atoms with Gasteiger partial charge in [0, 0.05) is 25.5 Å². The number of aromatic nitrogens is 2. The van der Waals surface area contributed by atoms with E-state index in [1.54, 1.807) is 47.1 Å². The average Bonchev–Trinajstić information content (AvgIpc) is 3.17. The second-order valence-electron chi connectivity index (χ2n) is 5.81. The Balaban J connectivity index is 1.90. The van der Waals surface area contributed by atoms with Gasteiger partial charge in [0.25, 0.3) is 5.91 Å². The fourth-order valence-electron chi connectivity index (χ4n) is 2.74. The van der Waals surface area contributed by atoms with Crippen molar-refractivity contribution in [2.45, 2.75) is 13.3 Å². The van der Waals surface area contributed by atoms with Gasteiger partial charge in [-0.1, -0.05) is 12.1 Å². The number of para-hydroxylation sites is 1. The molecule has 22 heavy (non-hydrogen) atoms. The first kappa shape index (κ1) is 14.3. The number of rotatable bonds is 3. The summed E-state index contributed by atoms with van der Waals surface area (Å²) in [4.78, 5) is 25.7. The number of carbonyl (C=O) groups is 2. The summed E-state index contributed by atoms with van der Waals surface area (Å²) in [6, 6.07) is 9.01. The van der Waals surface area contributed by atoms with Crippen molar-refractivity contribution in [3.63, 3.8) is 0 Å². The summed E-state index contributed by atoms with van der Waals surface area (Å²) in [5.74, 6) is -1.01. The number of carboxylic acid groups (broad SMARTS) is 1. The van der Waals surface area contributed by atoms with Gasteiger partial charge >= 0.3 is 5.97 Å². The molecule has 0 unspecified atom stereocenters. The Bertz CT molecular complexity index is 711. The first-order valence-corrected chi connectivity index (χ1v) is 7.13. The molecular formula is C16H17N3O3. The first-order valence-electron chi connectivity index (χ1n) is 7.13. The molecule has 1 aliphatic rings. The van der Waals surface area contributed by atoms with Gasteiger partial charge in [-0.3, -0.25) is 9.59 Å². The van der Waals surface area contributed by atoms with Crippen molar-refractivity contribution in [1.82, 2.24) is 14.7 Å². The van der Waals surface area contributed by atoms with Crippen LogP contribution < -0.4 is 0 Å². The number of carboxylic acids is 1. The summed E-state index contributed by atoms with van der Waals surface area (Å²) < 4.78 is 1.64. The highest BCUT2D eigenvalue weighted by molar-refractivity contribution is 5.98. The number of hydrogen-bond donors (Lipinski definition) is 1. The number of amides is 1. The lowest BCUT2D eigenvalue weighted by Gasteiger charge is -2.21. The van der Waals surface area contributed by atoms with E-state index in [1.165, 1.54) is 0 Å². The molecule has 1 aliphatic heterocycles. The van der Waals surface area contributed by atoms with Crippen LogP contribution in [0.3, 0.4) is 0 Å². The van der Waals surface area contributed by atoms with E-state index < -0.39 is 11.4 Å². The quantitative estimate of drug-likeness (QED) is 0.938. The fourth-order valence-corrected chi connectivity index (χ4v) is 2.74. The van der Waals surface area contributed by atoms with Crippen molar-refractivity contribution in [2.24, 2.45) is 5.41 Å². The smallest absolute Gasteiger partial charge is 0.311 e. The molecule has 1 saturated heterocycles. The third-order valence-corrected chi connectivity index (χ3v) is 4.16. The van der Waals surface area contributed by atoms with Crippen molar-refractivity contribution in [2.75, 3.05) is 13.1 Å². The second-order valence-corrected chi connectivity index (χ2v) is 5.81. The van der Waals surface area contributed by atoms with E-state index in [9.17, 15) is 14.7 Å². The average molecular weight is 299 g/mol. The number of carbonyl (C=O) groups excluding carboxylic acids is 1. The Morgan fingerprint density at radius 2 is 2.05 bits per heavy atom. The molecule has 1 aromatic heterocycles. The number of hydrogen-bond acceptors (Lipinski definition) is 3. The molecular weight excluding hydrogens is 282 g/mol. The zero-order valence-corrected chi connectivity index (χ0v) is 12.3. The van der Waals surface area contributed by atoms with Crippen LogP contribution in [0.5, 0.6) is 0 Å². The van der Waals surface area contributed by atoms with Gasteiger partial charge in [-0.15, -0.1) is 0 Å². The van der Waals surface area contributed by atoms with E-state index in [2.05, 4.69) is 5.10 Å². The number of likely N-dealkylation sites (tertiary alicyclic amines) is 1. The van der Waals surface area contributed by atoms with Crippen molar-refractivity contribution in [1.29, 1.82) is 0 Å². The van der Waals surface area contributed by atoms with Gasteiger partial charge in [-0.25, -0.2) is 4.68 Å². The maximum atomic E-state index is 12.8. The SMILES string of the molecule is C[C@@]1(C(=O)O)CCN(C(=O)c2ccccc2-n2cccn2)C1. The van der Waals surface area contributed by atoms with Crippen molar-refractivity contribution in [3.05, 3.63) is 48.3 Å². The number of benzene rings is 1. The summed E-state index contributed by atoms with van der Waals surface area (Å²) in [5.41, 5.74) is 0.360. The third kappa shape index (κ3) is 2.36. The summed E-state index contributed by atoms with van der Waals surface area (Å²) in [5, 5.41) is 13.5. The highest BCUT2D eigenvalue weighted by Crippen LogP contribution is 2.31. The van der Waals surface area contributed by atoms with E-state index in [0.29, 0.717) is 24.2 Å². The second kappa shape index (κ2) is 5.29. The lowest BCUT2D eigenvalue weighted by atomic mass is 9.90. The molecule has 6 nitrogen and oxygen atoms in total. The van der Waals surface area contributed by atoms with Crippen molar-refractivity contribution >= 4 is 11.9 Å². The maximum absolute atomic E-state index is 12.8. The zero-order valence-electron chi connectivity index (χ0n) is 12.3. The van der Waals surface area contributed by atoms with E-state index in [4.69, 9.17) is 0 Å². The predicted octanol–water partition coefficient (Wildman–Crippen LogP) is 1.81. The van der Waals surface area contributed by atoms with Crippen LogP contribution in [0.4, 0.5) is 0 Å². The Morgan fingerprint density at radius 1 is 1.27 bits per heavy atom. The summed E-state index contributed by atoms with van der Waals surface area (Å²) in [6.07, 6.45) is 3.90. The Labute approximate surface area is 128 Å². The molecule has 2 aromatic rings. The van der Waals surface area contributed by atoms with Gasteiger partial charge in [-0.2, -0.15) is 5.10 Å². The van der Waals surface area contributed by atoms with Gasteiger partial charge in [0.2, 0.25) is 0 Å². The minimum Gasteiger partial charge on any atom is -0.481 e. The van der Waals surface area contributed by atoms with Crippen LogP contribution in [0.2, 0.25) is 0 Å². The molecule has 114 valence electrons. The Morgan fingerprint density at radius 3 is 2.68 bits per heavy atom. The van der Waals surface area contributed by atoms with Crippen LogP contribution in [0, 0.1) is 5.41 Å². The summed E-state index contributed by atoms with van der Waals surface area (Å²) in [6.45, 7) is 2.37. The Kier molecular flexibility index (Phi) is 3.44. The minimum atomic E-state index is -0.865. The molecule has 0 aliphatic carbocycles. The normalized spacial score (nSPS) is 21.0. The lowest BCUT2D eigenvalue weighted by Crippen LogP contribution is -2.35. The molecule has 0 spiro atoms. The van der Waals surface area contributed by atoms with Crippen LogP contribution in [0.1, 0.15) is 23.7 Å². The van der Waals surface area contributed by atoms with Crippen LogP contribution in [-0.2, 0) is 4.79 Å². The highest BCUT2D eigenvalue weighted by atomic mass is 16.4. The molecule has 0 bridgehead atoms. The van der Waals surface area contributed by atoms with E-state index >= 15 is 0 Å². The highest BCUT2D eigenvalue weighted by Gasteiger charge is 2.42.